The number of hydrogen-bond donors (Lipinski definition) is 0. The summed E-state index contributed by atoms with van der Waals surface area (Å²) in [6.45, 7) is 10.5. The minimum absolute atomic E-state index is 0.0273. The predicted molar refractivity (Wildman–Crippen MR) is 94.4 cm³/mol. The topological polar surface area (TPSA) is 58.0 Å². The maximum absolute atomic E-state index is 4.83. The SMILES string of the molecule is Cc1cc(N2CC3CC(C2)N3c2ccnc(C(C)(C)C)n2)ncn1. The number of fused-ring (bicyclic) bond motifs is 2. The second-order valence-electron chi connectivity index (χ2n) is 7.86. The molecule has 5 heterocycles. The summed E-state index contributed by atoms with van der Waals surface area (Å²) in [6, 6.07) is 5.11. The van der Waals surface area contributed by atoms with E-state index in [1.54, 1.807) is 6.33 Å². The smallest absolute Gasteiger partial charge is 0.135 e. The molecule has 0 spiro atoms. The number of anilines is 2. The molecule has 126 valence electrons. The first kappa shape index (κ1) is 15.3. The lowest BCUT2D eigenvalue weighted by atomic mass is 9.87. The Morgan fingerprint density at radius 2 is 1.79 bits per heavy atom. The van der Waals surface area contributed by atoms with Gasteiger partial charge in [-0.15, -0.1) is 0 Å². The van der Waals surface area contributed by atoms with Crippen LogP contribution in [-0.2, 0) is 5.41 Å². The van der Waals surface area contributed by atoms with Gasteiger partial charge in [-0.2, -0.15) is 0 Å². The molecule has 3 fully saturated rings. The Balaban J connectivity index is 1.54. The zero-order valence-corrected chi connectivity index (χ0v) is 14.8. The first-order valence-corrected chi connectivity index (χ1v) is 8.57. The number of hydrogen-bond acceptors (Lipinski definition) is 6. The third kappa shape index (κ3) is 2.60. The van der Waals surface area contributed by atoms with Crippen LogP contribution in [0.4, 0.5) is 11.6 Å². The van der Waals surface area contributed by atoms with Gasteiger partial charge in [-0.3, -0.25) is 0 Å². The largest absolute Gasteiger partial charge is 0.352 e. The van der Waals surface area contributed by atoms with Crippen LogP contribution in [-0.4, -0.2) is 45.1 Å². The number of piperazine rings is 1. The molecule has 0 saturated carbocycles. The second kappa shape index (κ2) is 5.40. The fraction of sp³-hybridized carbons (Fsp3) is 0.556. The van der Waals surface area contributed by atoms with Gasteiger partial charge in [0.15, 0.2) is 0 Å². The van der Waals surface area contributed by atoms with Crippen LogP contribution in [0.25, 0.3) is 0 Å². The van der Waals surface area contributed by atoms with E-state index in [-0.39, 0.29) is 5.41 Å². The van der Waals surface area contributed by atoms with Crippen molar-refractivity contribution in [1.82, 2.24) is 19.9 Å². The number of aryl methyl sites for hydroxylation is 1. The van der Waals surface area contributed by atoms with E-state index in [9.17, 15) is 0 Å². The number of nitrogens with zero attached hydrogens (tertiary/aromatic N) is 6. The summed E-state index contributed by atoms with van der Waals surface area (Å²) in [5.74, 6) is 3.01. The molecule has 0 aromatic carbocycles. The molecular formula is C18H24N6. The molecule has 3 saturated heterocycles. The molecule has 2 unspecified atom stereocenters. The van der Waals surface area contributed by atoms with Crippen LogP contribution in [0.3, 0.4) is 0 Å². The van der Waals surface area contributed by atoms with E-state index < -0.39 is 0 Å². The summed E-state index contributed by atoms with van der Waals surface area (Å²) >= 11 is 0. The highest BCUT2D eigenvalue weighted by Crippen LogP contribution is 2.37. The van der Waals surface area contributed by atoms with Crippen molar-refractivity contribution in [3.8, 4) is 0 Å². The Morgan fingerprint density at radius 1 is 1.04 bits per heavy atom. The van der Waals surface area contributed by atoms with Gasteiger partial charge < -0.3 is 9.80 Å². The van der Waals surface area contributed by atoms with Gasteiger partial charge in [-0.25, -0.2) is 19.9 Å². The molecule has 3 aliphatic heterocycles. The molecular weight excluding hydrogens is 300 g/mol. The lowest BCUT2D eigenvalue weighted by Gasteiger charge is -2.57. The van der Waals surface area contributed by atoms with Crippen LogP contribution in [0.5, 0.6) is 0 Å². The van der Waals surface area contributed by atoms with Crippen molar-refractivity contribution in [3.05, 3.63) is 36.2 Å². The molecule has 0 radical (unpaired) electrons. The summed E-state index contributed by atoms with van der Waals surface area (Å²) in [5.41, 5.74) is 0.988. The van der Waals surface area contributed by atoms with E-state index >= 15 is 0 Å². The van der Waals surface area contributed by atoms with Gasteiger partial charge in [0.2, 0.25) is 0 Å². The molecule has 0 amide bonds. The lowest BCUT2D eigenvalue weighted by Crippen LogP contribution is -2.69. The third-order valence-electron chi connectivity index (χ3n) is 4.88. The van der Waals surface area contributed by atoms with Crippen LogP contribution in [0, 0.1) is 6.92 Å². The number of rotatable bonds is 2. The highest BCUT2D eigenvalue weighted by molar-refractivity contribution is 5.52. The Bertz CT molecular complexity index is 741. The molecule has 0 aliphatic carbocycles. The van der Waals surface area contributed by atoms with Gasteiger partial charge in [-0.05, 0) is 19.4 Å². The molecule has 2 bridgehead atoms. The van der Waals surface area contributed by atoms with Crippen molar-refractivity contribution < 1.29 is 0 Å². The van der Waals surface area contributed by atoms with Crippen molar-refractivity contribution in [3.63, 3.8) is 0 Å². The van der Waals surface area contributed by atoms with Gasteiger partial charge in [0.1, 0.15) is 23.8 Å². The Kier molecular flexibility index (Phi) is 3.44. The Morgan fingerprint density at radius 3 is 2.46 bits per heavy atom. The fourth-order valence-electron chi connectivity index (χ4n) is 3.64. The number of piperidine rings is 1. The summed E-state index contributed by atoms with van der Waals surface area (Å²) in [6.07, 6.45) is 4.78. The van der Waals surface area contributed by atoms with Gasteiger partial charge in [-0.1, -0.05) is 20.8 Å². The molecule has 2 atom stereocenters. The lowest BCUT2D eigenvalue weighted by molar-refractivity contribution is 0.287. The average Bonchev–Trinajstić information content (AvgIpc) is 2.54. The second-order valence-corrected chi connectivity index (χ2v) is 7.86. The molecule has 24 heavy (non-hydrogen) atoms. The van der Waals surface area contributed by atoms with E-state index in [0.717, 1.165) is 36.2 Å². The predicted octanol–water partition coefficient (Wildman–Crippen LogP) is 2.34. The maximum Gasteiger partial charge on any atom is 0.135 e. The summed E-state index contributed by atoms with van der Waals surface area (Å²) in [4.78, 5) is 22.7. The van der Waals surface area contributed by atoms with Gasteiger partial charge in [0.05, 0.1) is 12.1 Å². The zero-order chi connectivity index (χ0) is 16.9. The molecule has 5 rings (SSSR count). The fourth-order valence-corrected chi connectivity index (χ4v) is 3.64. The molecule has 2 aromatic rings. The summed E-state index contributed by atoms with van der Waals surface area (Å²) in [5, 5.41) is 0. The van der Waals surface area contributed by atoms with Crippen molar-refractivity contribution >= 4 is 11.6 Å². The first-order valence-electron chi connectivity index (χ1n) is 8.57. The monoisotopic (exact) mass is 324 g/mol. The highest BCUT2D eigenvalue weighted by Gasteiger charge is 2.45. The van der Waals surface area contributed by atoms with Crippen LogP contribution in [0.2, 0.25) is 0 Å². The van der Waals surface area contributed by atoms with Crippen molar-refractivity contribution in [2.24, 2.45) is 0 Å². The first-order chi connectivity index (χ1) is 11.4. The normalized spacial score (nSPS) is 23.2. The minimum Gasteiger partial charge on any atom is -0.352 e. The van der Waals surface area contributed by atoms with Crippen molar-refractivity contribution in [2.75, 3.05) is 22.9 Å². The van der Waals surface area contributed by atoms with Gasteiger partial charge in [0, 0.05) is 36.5 Å². The summed E-state index contributed by atoms with van der Waals surface area (Å²) in [7, 11) is 0. The molecule has 0 N–H and O–H groups in total. The molecule has 2 aromatic heterocycles. The maximum atomic E-state index is 4.83. The Hall–Kier alpha value is -2.24. The van der Waals surface area contributed by atoms with E-state index in [0.29, 0.717) is 12.1 Å². The van der Waals surface area contributed by atoms with E-state index in [1.807, 2.05) is 19.2 Å². The van der Waals surface area contributed by atoms with Crippen LogP contribution >= 0.6 is 0 Å². The van der Waals surface area contributed by atoms with Crippen LogP contribution in [0.15, 0.2) is 24.7 Å². The summed E-state index contributed by atoms with van der Waals surface area (Å²) < 4.78 is 0. The number of aromatic nitrogens is 4. The Labute approximate surface area is 143 Å². The third-order valence-corrected chi connectivity index (χ3v) is 4.88. The molecule has 6 heteroatoms. The van der Waals surface area contributed by atoms with E-state index in [4.69, 9.17) is 4.98 Å². The van der Waals surface area contributed by atoms with E-state index in [2.05, 4.69) is 51.6 Å². The van der Waals surface area contributed by atoms with Crippen molar-refractivity contribution in [2.45, 2.75) is 51.6 Å². The quantitative estimate of drug-likeness (QED) is 0.845. The van der Waals surface area contributed by atoms with Gasteiger partial charge in [0.25, 0.3) is 0 Å². The standard InChI is InChI=1S/C18H24N6/c1-12-7-16(21-11-20-12)23-9-13-8-14(10-23)24(13)15-5-6-19-17(22-15)18(2,3)4/h5-7,11,13-14H,8-10H2,1-4H3. The zero-order valence-electron chi connectivity index (χ0n) is 14.8. The molecule has 6 nitrogen and oxygen atoms in total. The van der Waals surface area contributed by atoms with E-state index in [1.165, 1.54) is 6.42 Å². The van der Waals surface area contributed by atoms with Crippen LogP contribution < -0.4 is 9.80 Å². The molecule has 3 aliphatic rings. The van der Waals surface area contributed by atoms with Gasteiger partial charge >= 0.3 is 0 Å². The minimum atomic E-state index is -0.0273. The highest BCUT2D eigenvalue weighted by atomic mass is 15.4. The van der Waals surface area contributed by atoms with Crippen LogP contribution in [0.1, 0.15) is 38.7 Å². The van der Waals surface area contributed by atoms with Crippen molar-refractivity contribution in [1.29, 1.82) is 0 Å². The average molecular weight is 324 g/mol.